The van der Waals surface area contributed by atoms with Crippen molar-refractivity contribution in [2.45, 2.75) is 77.5 Å². The Kier molecular flexibility index (Phi) is 9.77. The molecule has 3 aliphatic rings. The summed E-state index contributed by atoms with van der Waals surface area (Å²) in [4.78, 5) is 65.3. The standard InChI is InChI=1S/C25H37ClF3N5O5/c1-5-12(6-2)16(31-22(37)19(28)29)23(38)33-11-14-15(25(14,3)4)17(33)21(36)32-34(24(39)18(26)27)10-13-8-7-9-30-20(13)35/h12-19H,5-11H2,1-4H3,(H,30,35)(H,31,37)(H,32,36)/t13-,14-,15-,16-,17-,18-/m0/s1. The van der Waals surface area contributed by atoms with Crippen molar-refractivity contribution in [3.8, 4) is 0 Å². The molecule has 1 aliphatic carbocycles. The largest absolute Gasteiger partial charge is 0.356 e. The first-order valence-electron chi connectivity index (χ1n) is 13.3. The van der Waals surface area contributed by atoms with Crippen LogP contribution in [0, 0.1) is 29.1 Å². The summed E-state index contributed by atoms with van der Waals surface area (Å²) in [6.45, 7) is 7.68. The number of piperidine rings is 2. The van der Waals surface area contributed by atoms with Crippen LogP contribution in [0.2, 0.25) is 0 Å². The molecule has 220 valence electrons. The lowest BCUT2D eigenvalue weighted by Crippen LogP contribution is -2.61. The molecule has 1 saturated carbocycles. The number of likely N-dealkylation sites (tertiary alicyclic amines) is 1. The number of fused-ring (bicyclic) bond motifs is 1. The molecular formula is C25H37ClF3N5O5. The van der Waals surface area contributed by atoms with Gasteiger partial charge in [-0.2, -0.15) is 8.78 Å². The lowest BCUT2D eigenvalue weighted by atomic mass is 9.91. The molecule has 0 aromatic rings. The van der Waals surface area contributed by atoms with Crippen molar-refractivity contribution in [2.75, 3.05) is 19.6 Å². The number of halogens is 4. The fraction of sp³-hybridized carbons (Fsp3) is 0.800. The molecule has 3 rings (SSSR count). The Morgan fingerprint density at radius 2 is 1.82 bits per heavy atom. The Morgan fingerprint density at radius 1 is 1.18 bits per heavy atom. The van der Waals surface area contributed by atoms with Crippen molar-refractivity contribution in [2.24, 2.45) is 29.1 Å². The molecular weight excluding hydrogens is 543 g/mol. The van der Waals surface area contributed by atoms with E-state index in [0.29, 0.717) is 37.2 Å². The number of hydrogen-bond donors (Lipinski definition) is 3. The van der Waals surface area contributed by atoms with E-state index in [9.17, 15) is 37.1 Å². The minimum atomic E-state index is -3.32. The van der Waals surface area contributed by atoms with E-state index in [1.54, 1.807) is 13.8 Å². The molecule has 0 radical (unpaired) electrons. The molecule has 14 heteroatoms. The molecule has 0 aromatic heterocycles. The molecule has 39 heavy (non-hydrogen) atoms. The quantitative estimate of drug-likeness (QED) is 0.267. The Balaban J connectivity index is 1.87. The topological polar surface area (TPSA) is 128 Å². The van der Waals surface area contributed by atoms with Gasteiger partial charge in [0, 0.05) is 13.1 Å². The molecule has 5 amide bonds. The summed E-state index contributed by atoms with van der Waals surface area (Å²) in [5.74, 6) is -6.20. The lowest BCUT2D eigenvalue weighted by molar-refractivity contribution is -0.151. The number of hydrogen-bond acceptors (Lipinski definition) is 5. The van der Waals surface area contributed by atoms with Crippen LogP contribution in [-0.4, -0.2) is 83.2 Å². The maximum atomic E-state index is 13.9. The van der Waals surface area contributed by atoms with Gasteiger partial charge in [-0.05, 0) is 36.0 Å². The van der Waals surface area contributed by atoms with Gasteiger partial charge in [-0.1, -0.05) is 52.1 Å². The van der Waals surface area contributed by atoms with E-state index in [1.165, 1.54) is 4.90 Å². The van der Waals surface area contributed by atoms with Crippen molar-refractivity contribution in [3.05, 3.63) is 0 Å². The average Bonchev–Trinajstić information content (AvgIpc) is 3.21. The molecule has 3 fully saturated rings. The molecule has 2 heterocycles. The summed E-state index contributed by atoms with van der Waals surface area (Å²) in [5, 5.41) is 5.49. The van der Waals surface area contributed by atoms with E-state index in [4.69, 9.17) is 11.6 Å². The predicted molar refractivity (Wildman–Crippen MR) is 135 cm³/mol. The van der Waals surface area contributed by atoms with Crippen LogP contribution in [0.25, 0.3) is 0 Å². The first-order chi connectivity index (χ1) is 18.3. The first-order valence-corrected chi connectivity index (χ1v) is 13.8. The number of carbonyl (C=O) groups excluding carboxylic acids is 5. The molecule has 0 aromatic carbocycles. The van der Waals surface area contributed by atoms with Crippen LogP contribution in [0.3, 0.4) is 0 Å². The summed E-state index contributed by atoms with van der Waals surface area (Å²) in [6.07, 6.45) is -1.44. The van der Waals surface area contributed by atoms with Crippen LogP contribution in [0.5, 0.6) is 0 Å². The summed E-state index contributed by atoms with van der Waals surface area (Å²) in [6, 6.07) is -2.39. The summed E-state index contributed by atoms with van der Waals surface area (Å²) in [5.41, 5.74) is -0.428. The van der Waals surface area contributed by atoms with E-state index in [1.807, 2.05) is 13.8 Å². The minimum Gasteiger partial charge on any atom is -0.356 e. The van der Waals surface area contributed by atoms with E-state index < -0.39 is 59.6 Å². The fourth-order valence-electron chi connectivity index (χ4n) is 6.09. The second-order valence-corrected chi connectivity index (χ2v) is 11.5. The smallest absolute Gasteiger partial charge is 0.315 e. The molecule has 2 aliphatic heterocycles. The number of amides is 5. The molecule has 2 saturated heterocycles. The van der Waals surface area contributed by atoms with Gasteiger partial charge in [-0.3, -0.25) is 29.4 Å². The van der Waals surface area contributed by atoms with Crippen molar-refractivity contribution in [1.82, 2.24) is 26.0 Å². The lowest BCUT2D eigenvalue weighted by Gasteiger charge is -2.36. The molecule has 0 bridgehead atoms. The monoisotopic (exact) mass is 579 g/mol. The number of alkyl halides is 4. The van der Waals surface area contributed by atoms with Crippen LogP contribution < -0.4 is 16.1 Å². The molecule has 10 nitrogen and oxygen atoms in total. The highest BCUT2D eigenvalue weighted by Crippen LogP contribution is 2.65. The van der Waals surface area contributed by atoms with Crippen LogP contribution in [0.15, 0.2) is 0 Å². The minimum absolute atomic E-state index is 0.0828. The van der Waals surface area contributed by atoms with Crippen molar-refractivity contribution >= 4 is 41.1 Å². The Labute approximate surface area is 230 Å². The third kappa shape index (κ3) is 6.44. The van der Waals surface area contributed by atoms with Crippen molar-refractivity contribution in [3.63, 3.8) is 0 Å². The second-order valence-electron chi connectivity index (χ2n) is 11.1. The van der Waals surface area contributed by atoms with E-state index in [2.05, 4.69) is 16.1 Å². The van der Waals surface area contributed by atoms with Gasteiger partial charge in [-0.15, -0.1) is 0 Å². The van der Waals surface area contributed by atoms with Gasteiger partial charge >= 0.3 is 6.43 Å². The highest BCUT2D eigenvalue weighted by atomic mass is 35.5. The van der Waals surface area contributed by atoms with Gasteiger partial charge in [0.15, 0.2) is 0 Å². The maximum absolute atomic E-state index is 13.9. The highest BCUT2D eigenvalue weighted by Gasteiger charge is 2.69. The Morgan fingerprint density at radius 3 is 2.36 bits per heavy atom. The highest BCUT2D eigenvalue weighted by molar-refractivity contribution is 6.29. The van der Waals surface area contributed by atoms with Crippen molar-refractivity contribution < 1.29 is 37.1 Å². The molecule has 6 atom stereocenters. The van der Waals surface area contributed by atoms with Gasteiger partial charge in [-0.25, -0.2) is 9.40 Å². The molecule has 0 spiro atoms. The zero-order valence-corrected chi connectivity index (χ0v) is 23.3. The summed E-state index contributed by atoms with van der Waals surface area (Å²) < 4.78 is 40.0. The Hall–Kier alpha value is -2.57. The number of nitrogens with one attached hydrogen (secondary N) is 3. The normalized spacial score (nSPS) is 26.9. The van der Waals surface area contributed by atoms with Crippen LogP contribution in [0.1, 0.15) is 53.4 Å². The summed E-state index contributed by atoms with van der Waals surface area (Å²) in [7, 11) is 0. The van der Waals surface area contributed by atoms with Crippen LogP contribution in [-0.2, 0) is 24.0 Å². The maximum Gasteiger partial charge on any atom is 0.315 e. The van der Waals surface area contributed by atoms with Gasteiger partial charge in [0.2, 0.25) is 11.8 Å². The van der Waals surface area contributed by atoms with Gasteiger partial charge in [0.05, 0.1) is 12.5 Å². The number of carbonyl (C=O) groups is 5. The zero-order chi connectivity index (χ0) is 29.2. The fourth-order valence-corrected chi connectivity index (χ4v) is 6.20. The van der Waals surface area contributed by atoms with Crippen LogP contribution in [0.4, 0.5) is 13.2 Å². The van der Waals surface area contributed by atoms with Gasteiger partial charge in [0.1, 0.15) is 12.1 Å². The third-order valence-electron chi connectivity index (χ3n) is 8.54. The SMILES string of the molecule is CCC(CC)[C@H](NC(=O)C(F)F)C(=O)N1C[C@H]2[C@@H]([C@H]1C(=O)NN(C[C@@H]1CCCNC1=O)C(=O)[C@H](F)Cl)C2(C)C. The molecule has 0 unspecified atom stereocenters. The van der Waals surface area contributed by atoms with E-state index in [0.717, 1.165) is 0 Å². The van der Waals surface area contributed by atoms with Gasteiger partial charge in [0.25, 0.3) is 23.4 Å². The third-order valence-corrected chi connectivity index (χ3v) is 8.73. The first kappa shape index (κ1) is 31.0. The number of nitrogens with zero attached hydrogens (tertiary/aromatic N) is 2. The Bertz CT molecular complexity index is 980. The second kappa shape index (κ2) is 12.3. The summed E-state index contributed by atoms with van der Waals surface area (Å²) >= 11 is 5.39. The van der Waals surface area contributed by atoms with Crippen molar-refractivity contribution in [1.29, 1.82) is 0 Å². The van der Waals surface area contributed by atoms with E-state index in [-0.39, 0.29) is 36.2 Å². The number of hydrazine groups is 1. The van der Waals surface area contributed by atoms with Gasteiger partial charge < -0.3 is 15.5 Å². The number of rotatable bonds is 10. The average molecular weight is 580 g/mol. The van der Waals surface area contributed by atoms with Crippen LogP contribution >= 0.6 is 11.6 Å². The molecule has 3 N–H and O–H groups in total. The van der Waals surface area contributed by atoms with E-state index >= 15 is 0 Å². The predicted octanol–water partition coefficient (Wildman–Crippen LogP) is 1.58. The zero-order valence-electron chi connectivity index (χ0n) is 22.5.